The Morgan fingerprint density at radius 2 is 1.92 bits per heavy atom. The molecule has 2 aromatic rings. The SMILES string of the molecule is CC(C)Oc1ccccc1NC(=O)CCN1C(=O)COc2ccccc21. The van der Waals surface area contributed by atoms with E-state index in [0.29, 0.717) is 22.9 Å². The number of ether oxygens (including phenoxy) is 2. The third-order valence-electron chi connectivity index (χ3n) is 3.89. The molecule has 0 saturated carbocycles. The van der Waals surface area contributed by atoms with Crippen LogP contribution in [0.4, 0.5) is 11.4 Å². The Balaban J connectivity index is 1.64. The Morgan fingerprint density at radius 3 is 2.73 bits per heavy atom. The number of nitrogens with one attached hydrogen (secondary N) is 1. The van der Waals surface area contributed by atoms with Gasteiger partial charge in [-0.25, -0.2) is 0 Å². The van der Waals surface area contributed by atoms with Crippen molar-refractivity contribution in [2.75, 3.05) is 23.4 Å². The van der Waals surface area contributed by atoms with Crippen LogP contribution in [0.5, 0.6) is 11.5 Å². The van der Waals surface area contributed by atoms with Crippen LogP contribution < -0.4 is 19.7 Å². The van der Waals surface area contributed by atoms with E-state index < -0.39 is 0 Å². The van der Waals surface area contributed by atoms with E-state index in [1.807, 2.05) is 56.3 Å². The topological polar surface area (TPSA) is 67.9 Å². The third-order valence-corrected chi connectivity index (χ3v) is 3.89. The van der Waals surface area contributed by atoms with E-state index in [0.717, 1.165) is 0 Å². The summed E-state index contributed by atoms with van der Waals surface area (Å²) in [6.45, 7) is 4.14. The van der Waals surface area contributed by atoms with E-state index in [9.17, 15) is 9.59 Å². The van der Waals surface area contributed by atoms with Gasteiger partial charge in [0.25, 0.3) is 5.91 Å². The summed E-state index contributed by atoms with van der Waals surface area (Å²) in [5.41, 5.74) is 1.32. The van der Waals surface area contributed by atoms with Crippen molar-refractivity contribution in [1.29, 1.82) is 0 Å². The van der Waals surface area contributed by atoms with Gasteiger partial charge in [0, 0.05) is 13.0 Å². The molecular formula is C20H22N2O4. The summed E-state index contributed by atoms with van der Waals surface area (Å²) in [4.78, 5) is 26.1. The van der Waals surface area contributed by atoms with Crippen LogP contribution in [0.15, 0.2) is 48.5 Å². The monoisotopic (exact) mass is 354 g/mol. The van der Waals surface area contributed by atoms with Crippen LogP contribution in [0.2, 0.25) is 0 Å². The molecule has 0 fully saturated rings. The Morgan fingerprint density at radius 1 is 1.19 bits per heavy atom. The molecule has 0 spiro atoms. The molecule has 0 atom stereocenters. The smallest absolute Gasteiger partial charge is 0.265 e. The zero-order valence-corrected chi connectivity index (χ0v) is 14.9. The highest BCUT2D eigenvalue weighted by Crippen LogP contribution is 2.31. The lowest BCUT2D eigenvalue weighted by molar-refractivity contribution is -0.121. The van der Waals surface area contributed by atoms with Crippen molar-refractivity contribution in [2.45, 2.75) is 26.4 Å². The van der Waals surface area contributed by atoms with Crippen molar-refractivity contribution in [2.24, 2.45) is 0 Å². The maximum Gasteiger partial charge on any atom is 0.265 e. The van der Waals surface area contributed by atoms with Gasteiger partial charge in [0.1, 0.15) is 11.5 Å². The predicted molar refractivity (Wildman–Crippen MR) is 99.7 cm³/mol. The number of rotatable bonds is 6. The normalized spacial score (nSPS) is 13.2. The van der Waals surface area contributed by atoms with Crippen LogP contribution in [0.25, 0.3) is 0 Å². The molecule has 6 nitrogen and oxygen atoms in total. The van der Waals surface area contributed by atoms with E-state index >= 15 is 0 Å². The zero-order valence-electron chi connectivity index (χ0n) is 14.9. The minimum absolute atomic E-state index is 0.00975. The van der Waals surface area contributed by atoms with Gasteiger partial charge in [-0.2, -0.15) is 0 Å². The maximum absolute atomic E-state index is 12.4. The first-order valence-electron chi connectivity index (χ1n) is 8.62. The average molecular weight is 354 g/mol. The largest absolute Gasteiger partial charge is 0.489 e. The van der Waals surface area contributed by atoms with E-state index in [2.05, 4.69) is 5.32 Å². The van der Waals surface area contributed by atoms with Gasteiger partial charge in [-0.15, -0.1) is 0 Å². The minimum atomic E-state index is -0.179. The van der Waals surface area contributed by atoms with E-state index in [4.69, 9.17) is 9.47 Å². The quantitative estimate of drug-likeness (QED) is 0.865. The second-order valence-electron chi connectivity index (χ2n) is 6.26. The molecule has 1 N–H and O–H groups in total. The van der Waals surface area contributed by atoms with Gasteiger partial charge in [-0.05, 0) is 38.1 Å². The summed E-state index contributed by atoms with van der Waals surface area (Å²) >= 11 is 0. The predicted octanol–water partition coefficient (Wildman–Crippen LogP) is 3.23. The van der Waals surface area contributed by atoms with Gasteiger partial charge in [0.05, 0.1) is 17.5 Å². The fraction of sp³-hybridized carbons (Fsp3) is 0.300. The van der Waals surface area contributed by atoms with Gasteiger partial charge < -0.3 is 19.7 Å². The summed E-state index contributed by atoms with van der Waals surface area (Å²) in [5, 5.41) is 2.86. The van der Waals surface area contributed by atoms with Crippen molar-refractivity contribution >= 4 is 23.2 Å². The van der Waals surface area contributed by atoms with Crippen LogP contribution >= 0.6 is 0 Å². The van der Waals surface area contributed by atoms with Crippen molar-refractivity contribution in [1.82, 2.24) is 0 Å². The second-order valence-corrected chi connectivity index (χ2v) is 6.26. The standard InChI is InChI=1S/C20H22N2O4/c1-14(2)26-17-9-5-3-7-15(17)21-19(23)11-12-22-16-8-4-6-10-18(16)25-13-20(22)24/h3-10,14H,11-13H2,1-2H3,(H,21,23). The number of carbonyl (C=O) groups excluding carboxylic acids is 2. The molecular weight excluding hydrogens is 332 g/mol. The molecule has 0 bridgehead atoms. The Labute approximate surface area is 152 Å². The molecule has 0 radical (unpaired) electrons. The lowest BCUT2D eigenvalue weighted by Gasteiger charge is -2.29. The van der Waals surface area contributed by atoms with Gasteiger partial charge in [-0.1, -0.05) is 24.3 Å². The van der Waals surface area contributed by atoms with Gasteiger partial charge in [0.15, 0.2) is 6.61 Å². The molecule has 0 unspecified atom stereocenters. The van der Waals surface area contributed by atoms with Gasteiger partial charge in [0.2, 0.25) is 5.91 Å². The second kappa shape index (κ2) is 7.91. The van der Waals surface area contributed by atoms with Crippen molar-refractivity contribution in [3.05, 3.63) is 48.5 Å². The minimum Gasteiger partial charge on any atom is -0.489 e. The molecule has 0 saturated heterocycles. The highest BCUT2D eigenvalue weighted by atomic mass is 16.5. The third kappa shape index (κ3) is 4.14. The number of anilines is 2. The van der Waals surface area contributed by atoms with E-state index in [-0.39, 0.29) is 37.5 Å². The highest BCUT2D eigenvalue weighted by molar-refractivity contribution is 5.99. The van der Waals surface area contributed by atoms with Gasteiger partial charge in [-0.3, -0.25) is 9.59 Å². The Hall–Kier alpha value is -3.02. The Kier molecular flexibility index (Phi) is 5.41. The molecule has 3 rings (SSSR count). The molecule has 136 valence electrons. The van der Waals surface area contributed by atoms with Crippen LogP contribution in [-0.4, -0.2) is 31.1 Å². The molecule has 2 aromatic carbocycles. The number of hydrogen-bond donors (Lipinski definition) is 1. The number of carbonyl (C=O) groups is 2. The molecule has 1 aliphatic heterocycles. The van der Waals surface area contributed by atoms with Crippen molar-refractivity contribution in [3.8, 4) is 11.5 Å². The first-order valence-corrected chi connectivity index (χ1v) is 8.62. The number of amides is 2. The lowest BCUT2D eigenvalue weighted by Crippen LogP contribution is -2.40. The number of para-hydroxylation sites is 4. The number of benzene rings is 2. The maximum atomic E-state index is 12.4. The Bertz CT molecular complexity index is 804. The fourth-order valence-electron chi connectivity index (χ4n) is 2.75. The summed E-state index contributed by atoms with van der Waals surface area (Å²) < 4.78 is 11.1. The highest BCUT2D eigenvalue weighted by Gasteiger charge is 2.25. The first-order chi connectivity index (χ1) is 12.5. The summed E-state index contributed by atoms with van der Waals surface area (Å²) in [6, 6.07) is 14.6. The molecule has 0 aromatic heterocycles. The summed E-state index contributed by atoms with van der Waals surface area (Å²) in [7, 11) is 0. The molecule has 6 heteroatoms. The molecule has 1 aliphatic rings. The van der Waals surface area contributed by atoms with Crippen LogP contribution in [0.3, 0.4) is 0 Å². The van der Waals surface area contributed by atoms with Gasteiger partial charge >= 0.3 is 0 Å². The molecule has 2 amide bonds. The average Bonchev–Trinajstić information content (AvgIpc) is 2.62. The molecule has 0 aliphatic carbocycles. The van der Waals surface area contributed by atoms with Crippen LogP contribution in [0, 0.1) is 0 Å². The number of hydrogen-bond acceptors (Lipinski definition) is 4. The first kappa shape index (κ1) is 17.8. The summed E-state index contributed by atoms with van der Waals surface area (Å²) in [5.74, 6) is 0.952. The molecule has 1 heterocycles. The van der Waals surface area contributed by atoms with Crippen molar-refractivity contribution in [3.63, 3.8) is 0 Å². The van der Waals surface area contributed by atoms with E-state index in [1.54, 1.807) is 11.0 Å². The van der Waals surface area contributed by atoms with Crippen LogP contribution in [-0.2, 0) is 9.59 Å². The van der Waals surface area contributed by atoms with Crippen LogP contribution in [0.1, 0.15) is 20.3 Å². The summed E-state index contributed by atoms with van der Waals surface area (Å²) in [6.07, 6.45) is 0.186. The number of nitrogens with zero attached hydrogens (tertiary/aromatic N) is 1. The fourth-order valence-corrected chi connectivity index (χ4v) is 2.75. The lowest BCUT2D eigenvalue weighted by atomic mass is 10.2. The van der Waals surface area contributed by atoms with Crippen molar-refractivity contribution < 1.29 is 19.1 Å². The zero-order chi connectivity index (χ0) is 18.5. The molecule has 26 heavy (non-hydrogen) atoms. The van der Waals surface area contributed by atoms with E-state index in [1.165, 1.54) is 0 Å². The number of fused-ring (bicyclic) bond motifs is 1.